The molecule has 4 heteroatoms. The van der Waals surface area contributed by atoms with Gasteiger partial charge in [0.2, 0.25) is 0 Å². The average molecular weight is 200 g/mol. The molecule has 0 heterocycles. The van der Waals surface area contributed by atoms with E-state index in [9.17, 15) is 13.6 Å². The molecule has 0 radical (unpaired) electrons. The molecule has 1 aromatic carbocycles. The molecule has 0 amide bonds. The first kappa shape index (κ1) is 10.6. The van der Waals surface area contributed by atoms with Crippen molar-refractivity contribution in [3.63, 3.8) is 0 Å². The van der Waals surface area contributed by atoms with E-state index in [4.69, 9.17) is 0 Å². The maximum absolute atomic E-state index is 13.2. The number of halogens is 2. The lowest BCUT2D eigenvalue weighted by atomic mass is 10.1. The Bertz CT molecular complexity index is 348. The molecule has 0 aliphatic rings. The molecule has 0 saturated heterocycles. The van der Waals surface area contributed by atoms with E-state index in [0.717, 1.165) is 6.07 Å². The second-order valence-corrected chi connectivity index (χ2v) is 2.86. The van der Waals surface area contributed by atoms with Gasteiger partial charge in [-0.3, -0.25) is 4.79 Å². The van der Waals surface area contributed by atoms with Crippen LogP contribution in [0.4, 0.5) is 8.78 Å². The van der Waals surface area contributed by atoms with Crippen molar-refractivity contribution in [1.82, 2.24) is 0 Å². The molecule has 1 atom stereocenters. The normalized spacial score (nSPS) is 12.3. The third-order valence-electron chi connectivity index (χ3n) is 1.89. The van der Waals surface area contributed by atoms with Crippen LogP contribution >= 0.6 is 0 Å². The van der Waals surface area contributed by atoms with Crippen molar-refractivity contribution in [3.8, 4) is 5.75 Å². The number of carbonyl (C=O) groups is 1. The molecule has 1 aromatic rings. The molecule has 0 aliphatic carbocycles. The van der Waals surface area contributed by atoms with Gasteiger partial charge >= 0.3 is 0 Å². The summed E-state index contributed by atoms with van der Waals surface area (Å²) in [5.41, 5.74) is 0.150. The van der Waals surface area contributed by atoms with Gasteiger partial charge in [0, 0.05) is 0 Å². The fourth-order valence-electron chi connectivity index (χ4n) is 1.17. The quantitative estimate of drug-likeness (QED) is 0.701. The fourth-order valence-corrected chi connectivity index (χ4v) is 1.17. The maximum Gasteiger partial charge on any atom is 0.166 e. The summed E-state index contributed by atoms with van der Waals surface area (Å²) < 4.78 is 30.7. The van der Waals surface area contributed by atoms with Crippen molar-refractivity contribution in [2.75, 3.05) is 7.11 Å². The average Bonchev–Trinajstić information content (AvgIpc) is 2.16. The second kappa shape index (κ2) is 4.17. The van der Waals surface area contributed by atoms with Gasteiger partial charge in [0.05, 0.1) is 12.7 Å². The first-order valence-electron chi connectivity index (χ1n) is 4.06. The van der Waals surface area contributed by atoms with Gasteiger partial charge in [0.25, 0.3) is 0 Å². The molecule has 0 bridgehead atoms. The highest BCUT2D eigenvalue weighted by Crippen LogP contribution is 2.27. The first-order chi connectivity index (χ1) is 6.60. The zero-order chi connectivity index (χ0) is 10.7. The summed E-state index contributed by atoms with van der Waals surface area (Å²) in [6, 6.07) is 2.30. The standard InChI is InChI=1S/C10H10F2O2/c1-6(11)7-3-8(5-13)10(14-2)9(12)4-7/h3-6H,1-2H3. The molecule has 0 spiro atoms. The van der Waals surface area contributed by atoms with Gasteiger partial charge in [-0.05, 0) is 24.6 Å². The molecule has 0 aromatic heterocycles. The van der Waals surface area contributed by atoms with E-state index in [2.05, 4.69) is 4.74 Å². The maximum atomic E-state index is 13.2. The number of carbonyl (C=O) groups excluding carboxylic acids is 1. The summed E-state index contributed by atoms with van der Waals surface area (Å²) in [4.78, 5) is 10.5. The predicted octanol–water partition coefficient (Wildman–Crippen LogP) is 2.68. The lowest BCUT2D eigenvalue weighted by Crippen LogP contribution is -1.98. The van der Waals surface area contributed by atoms with Crippen LogP contribution in [0.2, 0.25) is 0 Å². The van der Waals surface area contributed by atoms with Crippen molar-refractivity contribution < 1.29 is 18.3 Å². The minimum absolute atomic E-state index is 0.0204. The predicted molar refractivity (Wildman–Crippen MR) is 47.9 cm³/mol. The largest absolute Gasteiger partial charge is 0.493 e. The lowest BCUT2D eigenvalue weighted by molar-refractivity contribution is 0.111. The number of hydrogen-bond donors (Lipinski definition) is 0. The van der Waals surface area contributed by atoms with Crippen LogP contribution in [0.5, 0.6) is 5.75 Å². The topological polar surface area (TPSA) is 26.3 Å². The van der Waals surface area contributed by atoms with Crippen LogP contribution < -0.4 is 4.74 Å². The SMILES string of the molecule is COc1c(F)cc(C(C)F)cc1C=O. The van der Waals surface area contributed by atoms with Crippen LogP contribution in [0.15, 0.2) is 12.1 Å². The molecule has 14 heavy (non-hydrogen) atoms. The van der Waals surface area contributed by atoms with Gasteiger partial charge in [-0.15, -0.1) is 0 Å². The second-order valence-electron chi connectivity index (χ2n) is 2.86. The van der Waals surface area contributed by atoms with Crippen molar-refractivity contribution in [2.45, 2.75) is 13.1 Å². The molecule has 0 fully saturated rings. The van der Waals surface area contributed by atoms with E-state index in [0.29, 0.717) is 6.29 Å². The molecular formula is C10H10F2O2. The monoisotopic (exact) mass is 200 g/mol. The van der Waals surface area contributed by atoms with Crippen molar-refractivity contribution in [1.29, 1.82) is 0 Å². The number of aldehydes is 1. The van der Waals surface area contributed by atoms with Gasteiger partial charge in [0.15, 0.2) is 17.9 Å². The van der Waals surface area contributed by atoms with Crippen LogP contribution in [0.25, 0.3) is 0 Å². The van der Waals surface area contributed by atoms with Crippen LogP contribution in [0, 0.1) is 5.82 Å². The Kier molecular flexibility index (Phi) is 3.17. The van der Waals surface area contributed by atoms with Crippen LogP contribution in [0.1, 0.15) is 29.0 Å². The summed E-state index contributed by atoms with van der Waals surface area (Å²) in [6.07, 6.45) is -0.873. The Labute approximate surface area is 80.5 Å². The van der Waals surface area contributed by atoms with E-state index in [1.807, 2.05) is 0 Å². The molecule has 2 nitrogen and oxygen atoms in total. The van der Waals surface area contributed by atoms with E-state index in [-0.39, 0.29) is 16.9 Å². The Morgan fingerprint density at radius 2 is 2.14 bits per heavy atom. The smallest absolute Gasteiger partial charge is 0.166 e. The van der Waals surface area contributed by atoms with Crippen LogP contribution in [0.3, 0.4) is 0 Å². The Hall–Kier alpha value is -1.45. The highest BCUT2D eigenvalue weighted by molar-refractivity contribution is 5.79. The number of hydrogen-bond acceptors (Lipinski definition) is 2. The summed E-state index contributed by atoms with van der Waals surface area (Å²) in [5.74, 6) is -0.874. The van der Waals surface area contributed by atoms with Gasteiger partial charge in [-0.2, -0.15) is 0 Å². The summed E-state index contributed by atoms with van der Waals surface area (Å²) in [7, 11) is 1.25. The van der Waals surface area contributed by atoms with Gasteiger partial charge in [-0.25, -0.2) is 8.78 Å². The van der Waals surface area contributed by atoms with E-state index >= 15 is 0 Å². The molecule has 0 aliphatic heterocycles. The van der Waals surface area contributed by atoms with Crippen molar-refractivity contribution >= 4 is 6.29 Å². The minimum Gasteiger partial charge on any atom is -0.493 e. The van der Waals surface area contributed by atoms with Crippen LogP contribution in [-0.4, -0.2) is 13.4 Å². The highest BCUT2D eigenvalue weighted by atomic mass is 19.1. The minimum atomic E-state index is -1.31. The number of alkyl halides is 1. The zero-order valence-electron chi connectivity index (χ0n) is 7.88. The third kappa shape index (κ3) is 1.89. The fraction of sp³-hybridized carbons (Fsp3) is 0.300. The number of benzene rings is 1. The number of rotatable bonds is 3. The molecular weight excluding hydrogens is 190 g/mol. The number of ether oxygens (including phenoxy) is 1. The first-order valence-corrected chi connectivity index (χ1v) is 4.06. The molecule has 1 rings (SSSR count). The highest BCUT2D eigenvalue weighted by Gasteiger charge is 2.13. The molecule has 1 unspecified atom stereocenters. The van der Waals surface area contributed by atoms with Crippen molar-refractivity contribution in [2.24, 2.45) is 0 Å². The number of methoxy groups -OCH3 is 1. The third-order valence-corrected chi connectivity index (χ3v) is 1.89. The van der Waals surface area contributed by atoms with Crippen LogP contribution in [-0.2, 0) is 0 Å². The summed E-state index contributed by atoms with van der Waals surface area (Å²) in [5, 5.41) is 0. The Balaban J connectivity index is 3.31. The van der Waals surface area contributed by atoms with Gasteiger partial charge in [-0.1, -0.05) is 0 Å². The zero-order valence-corrected chi connectivity index (χ0v) is 7.88. The Morgan fingerprint density at radius 3 is 2.57 bits per heavy atom. The van der Waals surface area contributed by atoms with Gasteiger partial charge < -0.3 is 4.74 Å². The summed E-state index contributed by atoms with van der Waals surface area (Å²) >= 11 is 0. The molecule has 0 N–H and O–H groups in total. The van der Waals surface area contributed by atoms with E-state index < -0.39 is 12.0 Å². The Morgan fingerprint density at radius 1 is 1.50 bits per heavy atom. The van der Waals surface area contributed by atoms with Gasteiger partial charge in [0.1, 0.15) is 6.17 Å². The van der Waals surface area contributed by atoms with E-state index in [1.54, 1.807) is 0 Å². The summed E-state index contributed by atoms with van der Waals surface area (Å²) in [6.45, 7) is 1.27. The molecule has 0 saturated carbocycles. The van der Waals surface area contributed by atoms with E-state index in [1.165, 1.54) is 20.1 Å². The lowest BCUT2D eigenvalue weighted by Gasteiger charge is -2.08. The molecule has 76 valence electrons. The van der Waals surface area contributed by atoms with Crippen molar-refractivity contribution in [3.05, 3.63) is 29.1 Å².